The number of hydrogen-bond acceptors (Lipinski definition) is 1. The van der Waals surface area contributed by atoms with Gasteiger partial charge in [0, 0.05) is 24.9 Å². The summed E-state index contributed by atoms with van der Waals surface area (Å²) in [6.45, 7) is 3.38. The fraction of sp³-hybridized carbons (Fsp3) is 0.857. The molecule has 0 atom stereocenters. The zero-order valence-corrected chi connectivity index (χ0v) is 5.48. The highest BCUT2D eigenvalue weighted by atomic mass is 15.0. The third-order valence-electron chi connectivity index (χ3n) is 2.32. The smallest absolute Gasteiger partial charge is 0.273 e. The Labute approximate surface area is 55.1 Å². The maximum Gasteiger partial charge on any atom is 0.273 e. The van der Waals surface area contributed by atoms with Gasteiger partial charge >= 0.3 is 0 Å². The minimum atomic E-state index is 0.585. The van der Waals surface area contributed by atoms with Crippen LogP contribution in [0.25, 0.3) is 4.85 Å². The lowest BCUT2D eigenvalue weighted by molar-refractivity contribution is 0.162. The maximum absolute atomic E-state index is 4.08. The van der Waals surface area contributed by atoms with Crippen molar-refractivity contribution in [3.8, 4) is 6.07 Å². The largest absolute Gasteiger partial charge is 0.315 e. The second-order valence-electron chi connectivity index (χ2n) is 3.07. The van der Waals surface area contributed by atoms with Gasteiger partial charge in [-0.15, -0.1) is 0 Å². The predicted molar refractivity (Wildman–Crippen MR) is 36.7 cm³/mol. The number of rotatable bonds is 0. The van der Waals surface area contributed by atoms with Crippen LogP contribution in [-0.2, 0) is 0 Å². The highest BCUT2D eigenvalue weighted by Crippen LogP contribution is 2.32. The number of nitrogens with zero attached hydrogens (tertiary/aromatic N) is 1. The van der Waals surface area contributed by atoms with Crippen molar-refractivity contribution in [2.24, 2.45) is 5.41 Å². The zero-order chi connectivity index (χ0) is 6.16. The molecule has 0 aromatic heterocycles. The van der Waals surface area contributed by atoms with Gasteiger partial charge < -0.3 is 5.32 Å². The third kappa shape index (κ3) is 0.727. The molecule has 1 N–H and O–H groups in total. The molecule has 0 saturated carbocycles. The molecular formula is C7H11N2+. The van der Waals surface area contributed by atoms with Crippen LogP contribution in [0.2, 0.25) is 0 Å². The van der Waals surface area contributed by atoms with Crippen LogP contribution in [0.5, 0.6) is 0 Å². The molecule has 48 valence electrons. The molecule has 9 heavy (non-hydrogen) atoms. The van der Waals surface area contributed by atoms with Gasteiger partial charge in [-0.3, -0.25) is 0 Å². The molecule has 2 rings (SSSR count). The Bertz CT molecular complexity index is 171. The van der Waals surface area contributed by atoms with Gasteiger partial charge in [-0.25, -0.2) is 0 Å². The van der Waals surface area contributed by atoms with Crippen LogP contribution in [0.4, 0.5) is 0 Å². The summed E-state index contributed by atoms with van der Waals surface area (Å²) in [5, 5.41) is 3.29. The van der Waals surface area contributed by atoms with Crippen LogP contribution in [0, 0.1) is 11.5 Å². The molecule has 2 heteroatoms. The number of hydrogen-bond donors (Lipinski definition) is 1. The minimum Gasteiger partial charge on any atom is -0.315 e. The predicted octanol–water partition coefficient (Wildman–Crippen LogP) is 0.703. The van der Waals surface area contributed by atoms with Crippen LogP contribution < -0.4 is 5.32 Å². The standard InChI is InChI=1S/C7H11N2/c1-3-8-4-2-7(1)5-9-6-7/h9H,1-3,5-6H2/q+1. The van der Waals surface area contributed by atoms with Gasteiger partial charge in [0.25, 0.3) is 12.6 Å². The van der Waals surface area contributed by atoms with Crippen molar-refractivity contribution in [3.63, 3.8) is 0 Å². The van der Waals surface area contributed by atoms with Gasteiger partial charge in [-0.1, -0.05) is 4.85 Å². The molecule has 2 nitrogen and oxygen atoms in total. The molecule has 2 aliphatic heterocycles. The van der Waals surface area contributed by atoms with Crippen molar-refractivity contribution >= 4 is 0 Å². The molecule has 2 heterocycles. The Morgan fingerprint density at radius 3 is 2.67 bits per heavy atom. The topological polar surface area (TPSA) is 16.4 Å². The summed E-state index contributed by atoms with van der Waals surface area (Å²) in [4.78, 5) is 4.08. The van der Waals surface area contributed by atoms with Crippen molar-refractivity contribution < 1.29 is 0 Å². The van der Waals surface area contributed by atoms with Crippen LogP contribution in [0.1, 0.15) is 12.8 Å². The van der Waals surface area contributed by atoms with E-state index >= 15 is 0 Å². The molecular weight excluding hydrogens is 112 g/mol. The number of nitrogens with one attached hydrogen (secondary N) is 1. The van der Waals surface area contributed by atoms with Crippen molar-refractivity contribution in [1.29, 1.82) is 0 Å². The summed E-state index contributed by atoms with van der Waals surface area (Å²) in [6.07, 6.45) is 2.35. The van der Waals surface area contributed by atoms with Crippen LogP contribution >= 0.6 is 0 Å². The Balaban J connectivity index is 2.08. The molecule has 1 spiro atoms. The molecule has 1 fully saturated rings. The van der Waals surface area contributed by atoms with E-state index in [9.17, 15) is 0 Å². The van der Waals surface area contributed by atoms with Gasteiger partial charge in [0.2, 0.25) is 0 Å². The SMILES string of the molecule is C1#[N+]CCC2(C1)CNC2. The molecule has 0 unspecified atom stereocenters. The van der Waals surface area contributed by atoms with E-state index in [1.165, 1.54) is 19.5 Å². The van der Waals surface area contributed by atoms with Gasteiger partial charge in [0.1, 0.15) is 0 Å². The summed E-state index contributed by atoms with van der Waals surface area (Å²) >= 11 is 0. The van der Waals surface area contributed by atoms with Gasteiger partial charge in [0.05, 0.1) is 6.42 Å². The van der Waals surface area contributed by atoms with Crippen LogP contribution in [0.15, 0.2) is 0 Å². The molecule has 0 aromatic rings. The maximum atomic E-state index is 4.08. The highest BCUT2D eigenvalue weighted by Gasteiger charge is 2.40. The van der Waals surface area contributed by atoms with E-state index in [-0.39, 0.29) is 0 Å². The Morgan fingerprint density at radius 1 is 1.44 bits per heavy atom. The van der Waals surface area contributed by atoms with E-state index in [0.29, 0.717) is 5.41 Å². The first kappa shape index (κ1) is 5.25. The first-order chi connectivity index (χ1) is 4.41. The second-order valence-corrected chi connectivity index (χ2v) is 3.07. The molecule has 2 aliphatic rings. The van der Waals surface area contributed by atoms with Crippen molar-refractivity contribution in [2.45, 2.75) is 12.8 Å². The Morgan fingerprint density at radius 2 is 2.33 bits per heavy atom. The van der Waals surface area contributed by atoms with Crippen LogP contribution in [-0.4, -0.2) is 19.6 Å². The Hall–Kier alpha value is -0.550. The molecule has 0 aromatic carbocycles. The van der Waals surface area contributed by atoms with E-state index in [2.05, 4.69) is 16.2 Å². The first-order valence-corrected chi connectivity index (χ1v) is 3.51. The molecule has 0 aliphatic carbocycles. The molecule has 0 amide bonds. The fourth-order valence-corrected chi connectivity index (χ4v) is 1.46. The third-order valence-corrected chi connectivity index (χ3v) is 2.32. The van der Waals surface area contributed by atoms with E-state index < -0.39 is 0 Å². The summed E-state index contributed by atoms with van der Waals surface area (Å²) in [6, 6.07) is 3.06. The second kappa shape index (κ2) is 1.71. The van der Waals surface area contributed by atoms with Crippen molar-refractivity contribution in [3.05, 3.63) is 4.85 Å². The lowest BCUT2D eigenvalue weighted by Crippen LogP contribution is -2.53. The first-order valence-electron chi connectivity index (χ1n) is 3.51. The lowest BCUT2D eigenvalue weighted by atomic mass is 9.75. The minimum absolute atomic E-state index is 0.585. The van der Waals surface area contributed by atoms with E-state index in [1.807, 2.05) is 0 Å². The monoisotopic (exact) mass is 123 g/mol. The average molecular weight is 123 g/mol. The highest BCUT2D eigenvalue weighted by molar-refractivity contribution is 5.06. The van der Waals surface area contributed by atoms with E-state index in [1.54, 1.807) is 0 Å². The molecule has 0 radical (unpaired) electrons. The van der Waals surface area contributed by atoms with E-state index in [4.69, 9.17) is 0 Å². The van der Waals surface area contributed by atoms with Crippen molar-refractivity contribution in [2.75, 3.05) is 19.6 Å². The Kier molecular flexibility index (Phi) is 1.000. The zero-order valence-electron chi connectivity index (χ0n) is 5.48. The summed E-state index contributed by atoms with van der Waals surface area (Å²) in [5.41, 5.74) is 0.585. The van der Waals surface area contributed by atoms with E-state index in [0.717, 1.165) is 13.0 Å². The average Bonchev–Trinajstić information content (AvgIpc) is 1.87. The summed E-state index contributed by atoms with van der Waals surface area (Å²) < 4.78 is 0. The van der Waals surface area contributed by atoms with Gasteiger partial charge in [0.15, 0.2) is 0 Å². The van der Waals surface area contributed by atoms with Gasteiger partial charge in [-0.05, 0) is 0 Å². The van der Waals surface area contributed by atoms with Crippen LogP contribution in [0.3, 0.4) is 0 Å². The summed E-state index contributed by atoms with van der Waals surface area (Å²) in [5.74, 6) is 0. The molecule has 0 bridgehead atoms. The van der Waals surface area contributed by atoms with Gasteiger partial charge in [-0.2, -0.15) is 0 Å². The lowest BCUT2D eigenvalue weighted by Gasteiger charge is -2.39. The van der Waals surface area contributed by atoms with Crippen molar-refractivity contribution in [1.82, 2.24) is 5.32 Å². The molecule has 1 saturated heterocycles. The fourth-order valence-electron chi connectivity index (χ4n) is 1.46. The normalized spacial score (nSPS) is 28.4. The summed E-state index contributed by atoms with van der Waals surface area (Å²) in [7, 11) is 0. The quantitative estimate of drug-likeness (QED) is 0.501.